The molecule has 98 valence electrons. The van der Waals surface area contributed by atoms with Gasteiger partial charge in [-0.05, 0) is 30.4 Å². The lowest BCUT2D eigenvalue weighted by atomic mass is 10.2. The van der Waals surface area contributed by atoms with Crippen LogP contribution in [0.15, 0.2) is 23.9 Å². The summed E-state index contributed by atoms with van der Waals surface area (Å²) in [6.45, 7) is 1.31. The fourth-order valence-corrected chi connectivity index (χ4v) is 2.48. The number of hydrogen-bond acceptors (Lipinski definition) is 3. The molecule has 1 aliphatic rings. The van der Waals surface area contributed by atoms with Crippen LogP contribution in [0.1, 0.15) is 12.5 Å². The number of carbonyl (C=O) groups is 2. The Kier molecular flexibility index (Phi) is 3.89. The highest BCUT2D eigenvalue weighted by molar-refractivity contribution is 7.80. The van der Waals surface area contributed by atoms with Crippen molar-refractivity contribution in [1.82, 2.24) is 10.2 Å². The van der Waals surface area contributed by atoms with Crippen LogP contribution in [0.4, 0.5) is 0 Å². The molecule has 0 radical (unpaired) electrons. The van der Waals surface area contributed by atoms with Crippen LogP contribution in [0, 0.1) is 0 Å². The number of halogens is 2. The minimum Gasteiger partial charge on any atom is -0.297 e. The van der Waals surface area contributed by atoms with E-state index in [0.717, 1.165) is 4.90 Å². The summed E-state index contributed by atoms with van der Waals surface area (Å²) in [5.74, 6) is -0.825. The fraction of sp³-hybridized carbons (Fsp3) is 0.0833. The Labute approximate surface area is 125 Å². The number of amides is 2. The number of thiocarbonyl (C=S) groups is 1. The molecule has 0 saturated carbocycles. The van der Waals surface area contributed by atoms with Crippen molar-refractivity contribution in [1.29, 1.82) is 0 Å². The topological polar surface area (TPSA) is 49.4 Å². The van der Waals surface area contributed by atoms with Gasteiger partial charge in [0.15, 0.2) is 5.11 Å². The molecule has 1 aromatic rings. The monoisotopic (exact) mass is 314 g/mol. The third kappa shape index (κ3) is 2.63. The molecule has 2 rings (SSSR count). The molecule has 1 aromatic carbocycles. The van der Waals surface area contributed by atoms with Gasteiger partial charge in [-0.2, -0.15) is 0 Å². The zero-order chi connectivity index (χ0) is 14.2. The quantitative estimate of drug-likeness (QED) is 0.640. The Morgan fingerprint density at radius 2 is 1.95 bits per heavy atom. The van der Waals surface area contributed by atoms with Gasteiger partial charge in [0, 0.05) is 22.5 Å². The summed E-state index contributed by atoms with van der Waals surface area (Å²) in [6, 6.07) is 4.97. The molecule has 1 aliphatic heterocycles. The van der Waals surface area contributed by atoms with Gasteiger partial charge in [-0.25, -0.2) is 0 Å². The first kappa shape index (κ1) is 14.0. The van der Waals surface area contributed by atoms with Crippen molar-refractivity contribution in [2.24, 2.45) is 0 Å². The van der Waals surface area contributed by atoms with Crippen molar-refractivity contribution < 1.29 is 9.59 Å². The predicted octanol–water partition coefficient (Wildman–Crippen LogP) is 2.60. The number of nitrogens with zero attached hydrogens (tertiary/aromatic N) is 1. The fourth-order valence-electron chi connectivity index (χ4n) is 1.66. The molecule has 0 bridgehead atoms. The zero-order valence-corrected chi connectivity index (χ0v) is 12.1. The summed E-state index contributed by atoms with van der Waals surface area (Å²) in [6.07, 6.45) is 1.45. The Morgan fingerprint density at radius 1 is 1.37 bits per heavy atom. The summed E-state index contributed by atoms with van der Waals surface area (Å²) < 4.78 is 0. The van der Waals surface area contributed by atoms with E-state index in [1.165, 1.54) is 13.0 Å². The Morgan fingerprint density at radius 3 is 2.47 bits per heavy atom. The van der Waals surface area contributed by atoms with Gasteiger partial charge < -0.3 is 0 Å². The van der Waals surface area contributed by atoms with E-state index in [0.29, 0.717) is 15.6 Å². The van der Waals surface area contributed by atoms with Crippen molar-refractivity contribution >= 4 is 58.4 Å². The van der Waals surface area contributed by atoms with Gasteiger partial charge in [-0.15, -0.1) is 0 Å². The highest BCUT2D eigenvalue weighted by atomic mass is 35.5. The van der Waals surface area contributed by atoms with Crippen molar-refractivity contribution in [3.63, 3.8) is 0 Å². The van der Waals surface area contributed by atoms with Crippen LogP contribution in [0.25, 0.3) is 6.08 Å². The summed E-state index contributed by atoms with van der Waals surface area (Å²) in [5, 5.41) is 3.22. The minimum absolute atomic E-state index is 0.0481. The standard InChI is InChI=1S/C12H8Cl2N2O2S/c1-6(17)16-10(11(18)15-12(16)19)5-7-8(13)3-2-4-9(7)14/h2-5H,1H3,(H,15,18,19). The van der Waals surface area contributed by atoms with E-state index in [1.54, 1.807) is 18.2 Å². The molecule has 19 heavy (non-hydrogen) atoms. The van der Waals surface area contributed by atoms with Gasteiger partial charge in [-0.3, -0.25) is 19.8 Å². The molecule has 4 nitrogen and oxygen atoms in total. The number of carbonyl (C=O) groups excluding carboxylic acids is 2. The molecule has 7 heteroatoms. The van der Waals surface area contributed by atoms with Crippen LogP contribution >= 0.6 is 35.4 Å². The SMILES string of the molecule is CC(=O)N1C(=S)NC(=O)C1=Cc1c(Cl)cccc1Cl. The molecule has 0 spiro atoms. The molecular formula is C12H8Cl2N2O2S. The summed E-state index contributed by atoms with van der Waals surface area (Å²) in [4.78, 5) is 24.4. The molecule has 1 fully saturated rings. The lowest BCUT2D eigenvalue weighted by molar-refractivity contribution is -0.125. The number of rotatable bonds is 1. The molecule has 1 heterocycles. The molecule has 2 amide bonds. The summed E-state index contributed by atoms with van der Waals surface area (Å²) in [7, 11) is 0. The van der Waals surface area contributed by atoms with Crippen molar-refractivity contribution in [3.8, 4) is 0 Å². The van der Waals surface area contributed by atoms with Crippen LogP contribution in [0.2, 0.25) is 10.0 Å². The molecular weight excluding hydrogens is 307 g/mol. The van der Waals surface area contributed by atoms with Crippen LogP contribution < -0.4 is 5.32 Å². The Bertz CT molecular complexity index is 608. The summed E-state index contributed by atoms with van der Waals surface area (Å²) >= 11 is 17.0. The van der Waals surface area contributed by atoms with Crippen LogP contribution in [-0.2, 0) is 9.59 Å². The van der Waals surface area contributed by atoms with Gasteiger partial charge in [0.25, 0.3) is 5.91 Å². The minimum atomic E-state index is -0.462. The largest absolute Gasteiger partial charge is 0.297 e. The molecule has 0 aromatic heterocycles. The van der Waals surface area contributed by atoms with Gasteiger partial charge in [-0.1, -0.05) is 29.3 Å². The van der Waals surface area contributed by atoms with Crippen molar-refractivity contribution in [2.45, 2.75) is 6.92 Å². The second kappa shape index (κ2) is 5.28. The molecule has 0 aliphatic carbocycles. The van der Waals surface area contributed by atoms with E-state index in [1.807, 2.05) is 0 Å². The number of nitrogens with one attached hydrogen (secondary N) is 1. The molecule has 0 unspecified atom stereocenters. The van der Waals surface area contributed by atoms with Crippen LogP contribution in [0.5, 0.6) is 0 Å². The normalized spacial score (nSPS) is 17.0. The Hall–Kier alpha value is -1.43. The van der Waals surface area contributed by atoms with Gasteiger partial charge in [0.1, 0.15) is 5.70 Å². The van der Waals surface area contributed by atoms with Crippen molar-refractivity contribution in [3.05, 3.63) is 39.5 Å². The molecule has 1 saturated heterocycles. The third-order valence-electron chi connectivity index (χ3n) is 2.49. The van der Waals surface area contributed by atoms with Crippen LogP contribution in [0.3, 0.4) is 0 Å². The second-order valence-electron chi connectivity index (χ2n) is 3.78. The highest BCUT2D eigenvalue weighted by Crippen LogP contribution is 2.28. The average Bonchev–Trinajstić information content (AvgIpc) is 2.58. The maximum Gasteiger partial charge on any atom is 0.274 e. The second-order valence-corrected chi connectivity index (χ2v) is 4.98. The summed E-state index contributed by atoms with van der Waals surface area (Å²) in [5.41, 5.74) is 0.569. The van der Waals surface area contributed by atoms with Gasteiger partial charge in [0.2, 0.25) is 5.91 Å². The van der Waals surface area contributed by atoms with E-state index < -0.39 is 5.91 Å². The van der Waals surface area contributed by atoms with Gasteiger partial charge >= 0.3 is 0 Å². The van der Waals surface area contributed by atoms with Crippen molar-refractivity contribution in [2.75, 3.05) is 0 Å². The van der Waals surface area contributed by atoms with Crippen LogP contribution in [-0.4, -0.2) is 21.8 Å². The highest BCUT2D eigenvalue weighted by Gasteiger charge is 2.33. The maximum atomic E-state index is 11.8. The molecule has 1 N–H and O–H groups in total. The lowest BCUT2D eigenvalue weighted by Gasteiger charge is -2.12. The number of benzene rings is 1. The first-order valence-corrected chi connectivity index (χ1v) is 6.40. The van der Waals surface area contributed by atoms with E-state index in [4.69, 9.17) is 35.4 Å². The van der Waals surface area contributed by atoms with E-state index >= 15 is 0 Å². The van der Waals surface area contributed by atoms with E-state index in [9.17, 15) is 9.59 Å². The molecule has 0 atom stereocenters. The van der Waals surface area contributed by atoms with Gasteiger partial charge in [0.05, 0.1) is 0 Å². The van der Waals surface area contributed by atoms with E-state index in [-0.39, 0.29) is 16.7 Å². The lowest BCUT2D eigenvalue weighted by Crippen LogP contribution is -2.31. The maximum absolute atomic E-state index is 11.8. The smallest absolute Gasteiger partial charge is 0.274 e. The first-order valence-electron chi connectivity index (χ1n) is 5.23. The number of hydrogen-bond donors (Lipinski definition) is 1. The predicted molar refractivity (Wildman–Crippen MR) is 77.7 cm³/mol. The third-order valence-corrected chi connectivity index (χ3v) is 3.44. The zero-order valence-electron chi connectivity index (χ0n) is 9.74. The average molecular weight is 315 g/mol. The van der Waals surface area contributed by atoms with E-state index in [2.05, 4.69) is 5.32 Å². The Balaban J connectivity index is 2.55. The first-order chi connectivity index (χ1) is 8.91.